The molecule has 0 saturated carbocycles. The molecule has 0 saturated heterocycles. The number of carbonyl (C=O) groups excluding carboxylic acids is 1. The molecule has 2 rings (SSSR count). The molecular formula is C18H18F3NO2. The molecule has 1 atom stereocenters. The molecule has 0 aliphatic rings. The van der Waals surface area contributed by atoms with Gasteiger partial charge in [-0.2, -0.15) is 13.2 Å². The number of carbonyl (C=O) groups is 1. The first-order valence-corrected chi connectivity index (χ1v) is 7.54. The largest absolute Gasteiger partial charge is 0.481 e. The number of aryl methyl sites for hydroxylation is 1. The van der Waals surface area contributed by atoms with Crippen molar-refractivity contribution in [3.8, 4) is 5.75 Å². The summed E-state index contributed by atoms with van der Waals surface area (Å²) in [6.45, 7) is 3.57. The Bertz CT molecular complexity index is 696. The predicted molar refractivity (Wildman–Crippen MR) is 86.0 cm³/mol. The maximum Gasteiger partial charge on any atom is 0.416 e. The van der Waals surface area contributed by atoms with Crippen molar-refractivity contribution in [2.45, 2.75) is 32.5 Å². The van der Waals surface area contributed by atoms with Gasteiger partial charge in [0, 0.05) is 5.69 Å². The lowest BCUT2D eigenvalue weighted by molar-refractivity contribution is -0.137. The smallest absolute Gasteiger partial charge is 0.416 e. The number of alkyl halides is 3. The molecule has 0 fully saturated rings. The van der Waals surface area contributed by atoms with E-state index in [9.17, 15) is 18.0 Å². The molecule has 1 amide bonds. The van der Waals surface area contributed by atoms with E-state index in [2.05, 4.69) is 5.32 Å². The zero-order valence-electron chi connectivity index (χ0n) is 13.4. The first kappa shape index (κ1) is 17.8. The highest BCUT2D eigenvalue weighted by Crippen LogP contribution is 2.29. The van der Waals surface area contributed by atoms with Crippen LogP contribution in [0.1, 0.15) is 25.0 Å². The molecule has 0 spiro atoms. The molecule has 1 N–H and O–H groups in total. The second-order valence-electron chi connectivity index (χ2n) is 5.29. The molecule has 6 heteroatoms. The summed E-state index contributed by atoms with van der Waals surface area (Å²) in [6.07, 6.45) is -4.41. The van der Waals surface area contributed by atoms with E-state index >= 15 is 0 Å². The van der Waals surface area contributed by atoms with Crippen molar-refractivity contribution in [1.29, 1.82) is 0 Å². The molecule has 2 aromatic carbocycles. The standard InChI is InChI=1S/C18H18F3NO2/c1-3-13-6-4-5-7-16(13)24-12(2)17(23)22-15-10-8-14(9-11-15)18(19,20)21/h4-12H,3H2,1-2H3,(H,22,23). The van der Waals surface area contributed by atoms with Crippen molar-refractivity contribution in [2.75, 3.05) is 5.32 Å². The number of rotatable bonds is 5. The Labute approximate surface area is 138 Å². The van der Waals surface area contributed by atoms with Gasteiger partial charge < -0.3 is 10.1 Å². The summed E-state index contributed by atoms with van der Waals surface area (Å²) in [7, 11) is 0. The van der Waals surface area contributed by atoms with Crippen LogP contribution < -0.4 is 10.1 Å². The van der Waals surface area contributed by atoms with E-state index in [0.717, 1.165) is 24.1 Å². The second kappa shape index (κ2) is 7.38. The third kappa shape index (κ3) is 4.50. The third-order valence-electron chi connectivity index (χ3n) is 3.51. The van der Waals surface area contributed by atoms with E-state index in [1.807, 2.05) is 25.1 Å². The predicted octanol–water partition coefficient (Wildman–Crippen LogP) is 4.67. The zero-order valence-corrected chi connectivity index (χ0v) is 13.4. The van der Waals surface area contributed by atoms with Gasteiger partial charge in [-0.1, -0.05) is 25.1 Å². The number of para-hydroxylation sites is 1. The van der Waals surface area contributed by atoms with E-state index in [1.54, 1.807) is 13.0 Å². The molecule has 1 unspecified atom stereocenters. The van der Waals surface area contributed by atoms with Crippen LogP contribution in [-0.4, -0.2) is 12.0 Å². The van der Waals surface area contributed by atoms with Crippen molar-refractivity contribution in [1.82, 2.24) is 0 Å². The molecule has 0 aliphatic carbocycles. The summed E-state index contributed by atoms with van der Waals surface area (Å²) >= 11 is 0. The SMILES string of the molecule is CCc1ccccc1OC(C)C(=O)Nc1ccc(C(F)(F)F)cc1. The van der Waals surface area contributed by atoms with Gasteiger partial charge in [-0.3, -0.25) is 4.79 Å². The minimum absolute atomic E-state index is 0.284. The van der Waals surface area contributed by atoms with Crippen LogP contribution in [0.4, 0.5) is 18.9 Å². The van der Waals surface area contributed by atoms with E-state index in [1.165, 1.54) is 12.1 Å². The Balaban J connectivity index is 2.01. The van der Waals surface area contributed by atoms with Crippen LogP contribution in [0, 0.1) is 0 Å². The fourth-order valence-electron chi connectivity index (χ4n) is 2.14. The number of nitrogens with one attached hydrogen (secondary N) is 1. The fraction of sp³-hybridized carbons (Fsp3) is 0.278. The van der Waals surface area contributed by atoms with Crippen molar-refractivity contribution >= 4 is 11.6 Å². The molecule has 2 aromatic rings. The first-order valence-electron chi connectivity index (χ1n) is 7.54. The van der Waals surface area contributed by atoms with Gasteiger partial charge in [-0.15, -0.1) is 0 Å². The molecule has 3 nitrogen and oxygen atoms in total. The van der Waals surface area contributed by atoms with Gasteiger partial charge >= 0.3 is 6.18 Å². The topological polar surface area (TPSA) is 38.3 Å². The summed E-state index contributed by atoms with van der Waals surface area (Å²) in [5.74, 6) is 0.190. The molecule has 0 bridgehead atoms. The monoisotopic (exact) mass is 337 g/mol. The quantitative estimate of drug-likeness (QED) is 0.861. The molecule has 24 heavy (non-hydrogen) atoms. The van der Waals surface area contributed by atoms with Gasteiger partial charge in [-0.05, 0) is 49.2 Å². The van der Waals surface area contributed by atoms with Crippen LogP contribution in [0.3, 0.4) is 0 Å². The van der Waals surface area contributed by atoms with Crippen LogP contribution in [-0.2, 0) is 17.4 Å². The third-order valence-corrected chi connectivity index (χ3v) is 3.51. The van der Waals surface area contributed by atoms with Crippen molar-refractivity contribution in [3.63, 3.8) is 0 Å². The zero-order chi connectivity index (χ0) is 17.7. The summed E-state index contributed by atoms with van der Waals surface area (Å²) in [5, 5.41) is 2.55. The van der Waals surface area contributed by atoms with Crippen LogP contribution in [0.15, 0.2) is 48.5 Å². The van der Waals surface area contributed by atoms with Gasteiger partial charge in [0.25, 0.3) is 5.91 Å². The van der Waals surface area contributed by atoms with Crippen molar-refractivity contribution in [2.24, 2.45) is 0 Å². The van der Waals surface area contributed by atoms with E-state index in [0.29, 0.717) is 5.75 Å². The van der Waals surface area contributed by atoms with Gasteiger partial charge in [0.15, 0.2) is 6.10 Å². The average Bonchev–Trinajstić information content (AvgIpc) is 2.55. The minimum Gasteiger partial charge on any atom is -0.481 e. The molecule has 0 heterocycles. The van der Waals surface area contributed by atoms with Gasteiger partial charge in [0.2, 0.25) is 0 Å². The van der Waals surface area contributed by atoms with Crippen molar-refractivity contribution < 1.29 is 22.7 Å². The van der Waals surface area contributed by atoms with Crippen LogP contribution in [0.25, 0.3) is 0 Å². The summed E-state index contributed by atoms with van der Waals surface area (Å²) < 4.78 is 43.2. The van der Waals surface area contributed by atoms with E-state index in [-0.39, 0.29) is 5.69 Å². The normalized spacial score (nSPS) is 12.5. The number of ether oxygens (including phenoxy) is 1. The maximum atomic E-state index is 12.5. The molecule has 0 aliphatic heterocycles. The lowest BCUT2D eigenvalue weighted by Gasteiger charge is -2.17. The fourth-order valence-corrected chi connectivity index (χ4v) is 2.14. The van der Waals surface area contributed by atoms with E-state index < -0.39 is 23.8 Å². The summed E-state index contributed by atoms with van der Waals surface area (Å²) in [6, 6.07) is 11.7. The number of halogens is 3. The maximum absolute atomic E-state index is 12.5. The Morgan fingerprint density at radius 1 is 1.12 bits per heavy atom. The number of benzene rings is 2. The molecule has 0 radical (unpaired) electrons. The Hall–Kier alpha value is -2.50. The summed E-state index contributed by atoms with van der Waals surface area (Å²) in [5.41, 5.74) is 0.501. The number of amides is 1. The van der Waals surface area contributed by atoms with Gasteiger partial charge in [0.1, 0.15) is 5.75 Å². The molecular weight excluding hydrogens is 319 g/mol. The number of anilines is 1. The number of hydrogen-bond acceptors (Lipinski definition) is 2. The highest BCUT2D eigenvalue weighted by molar-refractivity contribution is 5.94. The number of hydrogen-bond donors (Lipinski definition) is 1. The summed E-state index contributed by atoms with van der Waals surface area (Å²) in [4.78, 5) is 12.1. The molecule has 128 valence electrons. The highest BCUT2D eigenvalue weighted by Gasteiger charge is 2.30. The van der Waals surface area contributed by atoms with Crippen LogP contribution >= 0.6 is 0 Å². The second-order valence-corrected chi connectivity index (χ2v) is 5.29. The lowest BCUT2D eigenvalue weighted by atomic mass is 10.1. The Kier molecular flexibility index (Phi) is 5.49. The Morgan fingerprint density at radius 3 is 2.33 bits per heavy atom. The average molecular weight is 337 g/mol. The minimum atomic E-state index is -4.40. The molecule has 0 aromatic heterocycles. The Morgan fingerprint density at radius 2 is 1.75 bits per heavy atom. The highest BCUT2D eigenvalue weighted by atomic mass is 19.4. The van der Waals surface area contributed by atoms with Crippen molar-refractivity contribution in [3.05, 3.63) is 59.7 Å². The van der Waals surface area contributed by atoms with Gasteiger partial charge in [0.05, 0.1) is 5.56 Å². The van der Waals surface area contributed by atoms with E-state index in [4.69, 9.17) is 4.74 Å². The first-order chi connectivity index (χ1) is 11.3. The lowest BCUT2D eigenvalue weighted by Crippen LogP contribution is -2.30. The van der Waals surface area contributed by atoms with Crippen LogP contribution in [0.2, 0.25) is 0 Å². The van der Waals surface area contributed by atoms with Gasteiger partial charge in [-0.25, -0.2) is 0 Å². The van der Waals surface area contributed by atoms with Crippen LogP contribution in [0.5, 0.6) is 5.75 Å².